The zero-order chi connectivity index (χ0) is 26.0. The van der Waals surface area contributed by atoms with Gasteiger partial charge in [-0.2, -0.15) is 5.10 Å². The molecule has 2 aromatic carbocycles. The molecule has 0 aliphatic heterocycles. The summed E-state index contributed by atoms with van der Waals surface area (Å²) in [5, 5.41) is 4.83. The molecule has 1 N–H and O–H groups in total. The molecule has 4 aromatic rings. The van der Waals surface area contributed by atoms with Crippen LogP contribution in [0.1, 0.15) is 36.9 Å². The van der Waals surface area contributed by atoms with Gasteiger partial charge in [0.1, 0.15) is 8.55 Å². The van der Waals surface area contributed by atoms with E-state index in [0.29, 0.717) is 6.42 Å². The molecule has 6 nitrogen and oxygen atoms in total. The molecule has 0 fully saturated rings. The first kappa shape index (κ1) is 25.7. The fourth-order valence-electron chi connectivity index (χ4n) is 4.43. The van der Waals surface area contributed by atoms with Crippen LogP contribution in [0.4, 0.5) is 0 Å². The zero-order valence-electron chi connectivity index (χ0n) is 19.7. The highest BCUT2D eigenvalue weighted by molar-refractivity contribution is 7.92. The smallest absolute Gasteiger partial charge is 0.273 e. The van der Waals surface area contributed by atoms with Gasteiger partial charge in [-0.1, -0.05) is 71.7 Å². The normalized spacial score (nSPS) is 14.5. The molecule has 0 bridgehead atoms. The molecule has 0 unspecified atom stereocenters. The van der Waals surface area contributed by atoms with Gasteiger partial charge in [0.05, 0.1) is 22.6 Å². The largest absolute Gasteiger partial charge is 0.274 e. The Morgan fingerprint density at radius 2 is 1.84 bits per heavy atom. The van der Waals surface area contributed by atoms with Crippen molar-refractivity contribution in [2.24, 2.45) is 0 Å². The minimum atomic E-state index is -4.01. The first-order valence-electron chi connectivity index (χ1n) is 11.7. The molecule has 2 heterocycles. The molecule has 37 heavy (non-hydrogen) atoms. The van der Waals surface area contributed by atoms with E-state index < -0.39 is 15.9 Å². The van der Waals surface area contributed by atoms with Crippen LogP contribution in [0.3, 0.4) is 0 Å². The van der Waals surface area contributed by atoms with Gasteiger partial charge >= 0.3 is 0 Å². The molecule has 0 saturated heterocycles. The predicted molar refractivity (Wildman–Crippen MR) is 149 cm³/mol. The zero-order valence-corrected chi connectivity index (χ0v) is 22.8. The van der Waals surface area contributed by atoms with Gasteiger partial charge in [0.15, 0.2) is 0 Å². The molecule has 10 heteroatoms. The highest BCUT2D eigenvalue weighted by Crippen LogP contribution is 2.35. The third-order valence-corrected chi connectivity index (χ3v) is 9.85. The van der Waals surface area contributed by atoms with Crippen molar-refractivity contribution in [3.63, 3.8) is 0 Å². The lowest BCUT2D eigenvalue weighted by Crippen LogP contribution is -2.29. The van der Waals surface area contributed by atoms with Crippen molar-refractivity contribution >= 4 is 56.0 Å². The van der Waals surface area contributed by atoms with Crippen LogP contribution < -0.4 is 4.72 Å². The number of aromatic nitrogens is 2. The fourth-order valence-corrected chi connectivity index (χ4v) is 7.32. The maximum atomic E-state index is 12.5. The van der Waals surface area contributed by atoms with Crippen LogP contribution in [0.15, 0.2) is 77.1 Å². The van der Waals surface area contributed by atoms with Gasteiger partial charge in [-0.15, -0.1) is 11.3 Å². The number of hydrogen-bond acceptors (Lipinski definition) is 5. The Morgan fingerprint density at radius 3 is 2.59 bits per heavy atom. The molecule has 1 aliphatic carbocycles. The number of sulfonamides is 1. The average molecular weight is 573 g/mol. The Kier molecular flexibility index (Phi) is 7.53. The minimum absolute atomic E-state index is 0.0303. The summed E-state index contributed by atoms with van der Waals surface area (Å²) in [4.78, 5) is 12.4. The van der Waals surface area contributed by atoms with E-state index in [0.717, 1.165) is 58.7 Å². The number of benzene rings is 2. The third-order valence-electron chi connectivity index (χ3n) is 6.14. The maximum Gasteiger partial charge on any atom is 0.273 e. The van der Waals surface area contributed by atoms with Crippen molar-refractivity contribution in [3.05, 3.63) is 93.6 Å². The molecule has 190 valence electrons. The van der Waals surface area contributed by atoms with Crippen LogP contribution in [-0.4, -0.2) is 24.1 Å². The Labute approximate surface area is 229 Å². The quantitative estimate of drug-likeness (QED) is 0.261. The molecule has 1 aliphatic rings. The highest BCUT2D eigenvalue weighted by atomic mass is 35.5. The number of halogens is 2. The summed E-state index contributed by atoms with van der Waals surface area (Å²) in [6.07, 6.45) is 7.16. The van der Waals surface area contributed by atoms with E-state index in [1.54, 1.807) is 0 Å². The summed E-state index contributed by atoms with van der Waals surface area (Å²) in [5.74, 6) is -0.586. The second-order valence-corrected chi connectivity index (χ2v) is 12.7. The van der Waals surface area contributed by atoms with Gasteiger partial charge in [-0.05, 0) is 66.1 Å². The molecular weight excluding hydrogens is 549 g/mol. The number of carbonyl (C=O) groups is 1. The number of nitrogens with one attached hydrogen (secondary N) is 1. The maximum absolute atomic E-state index is 12.5. The van der Waals surface area contributed by atoms with E-state index in [4.69, 9.17) is 23.2 Å². The summed E-state index contributed by atoms with van der Waals surface area (Å²) in [6, 6.07) is 19.7. The first-order chi connectivity index (χ1) is 17.8. The van der Waals surface area contributed by atoms with Gasteiger partial charge in [0, 0.05) is 6.42 Å². The minimum Gasteiger partial charge on any atom is -0.274 e. The topological polar surface area (TPSA) is 81.1 Å². The van der Waals surface area contributed by atoms with Crippen LogP contribution in [0.2, 0.25) is 9.36 Å². The molecule has 0 atom stereocenters. The third kappa shape index (κ3) is 5.67. The molecule has 0 saturated carbocycles. The van der Waals surface area contributed by atoms with Crippen molar-refractivity contribution in [2.75, 3.05) is 0 Å². The molecule has 2 aromatic heterocycles. The van der Waals surface area contributed by atoms with Crippen molar-refractivity contribution < 1.29 is 13.2 Å². The van der Waals surface area contributed by atoms with Gasteiger partial charge in [0.2, 0.25) is 5.91 Å². The number of amides is 1. The second-order valence-electron chi connectivity index (χ2n) is 8.68. The number of carbonyl (C=O) groups excluding carboxylic acids is 1. The summed E-state index contributed by atoms with van der Waals surface area (Å²) in [7, 11) is -4.01. The molecule has 1 amide bonds. The van der Waals surface area contributed by atoms with E-state index in [1.165, 1.54) is 11.6 Å². The van der Waals surface area contributed by atoms with Crippen molar-refractivity contribution in [1.29, 1.82) is 0 Å². The van der Waals surface area contributed by atoms with Gasteiger partial charge in [-0.3, -0.25) is 4.79 Å². The first-order valence-corrected chi connectivity index (χ1v) is 14.8. The van der Waals surface area contributed by atoms with E-state index in [2.05, 4.69) is 34.1 Å². The summed E-state index contributed by atoms with van der Waals surface area (Å²) >= 11 is 12.5. The molecule has 5 rings (SSSR count). The predicted octanol–water partition coefficient (Wildman–Crippen LogP) is 6.91. The molecule has 0 radical (unpaired) electrons. The standard InChI is InChI=1S/C27H23Cl2N3O3S2/c28-23-16-25(36-27(23)29)37(34,35)31-24(33)14-6-10-19-9-4-12-21-17-30-32(26(19)21)22-13-5-11-20(15-22)18-7-2-1-3-8-18/h1-3,5,7-8,10-11,13,15-17H,4,6,9,12,14H2,(H,31,33)/b19-10+. The van der Waals surface area contributed by atoms with Gasteiger partial charge in [-0.25, -0.2) is 17.8 Å². The van der Waals surface area contributed by atoms with Crippen molar-refractivity contribution in [3.8, 4) is 16.8 Å². The average Bonchev–Trinajstić information content (AvgIpc) is 3.48. The monoisotopic (exact) mass is 571 g/mol. The van der Waals surface area contributed by atoms with E-state index in [9.17, 15) is 13.2 Å². The number of nitrogens with zero attached hydrogens (tertiary/aromatic N) is 2. The fraction of sp³-hybridized carbons (Fsp3) is 0.185. The lowest BCUT2D eigenvalue weighted by atomic mass is 9.92. The number of aryl methyl sites for hydroxylation is 1. The van der Waals surface area contributed by atoms with E-state index in [-0.39, 0.29) is 20.0 Å². The Hall–Kier alpha value is -2.91. The van der Waals surface area contributed by atoms with E-state index in [1.807, 2.05) is 47.3 Å². The summed E-state index contributed by atoms with van der Waals surface area (Å²) in [5.41, 5.74) is 6.53. The molecular formula is C27H23Cl2N3O3S2. The summed E-state index contributed by atoms with van der Waals surface area (Å²) in [6.45, 7) is 0. The SMILES string of the molecule is O=C(CC/C=C1\CCCc2cnn(-c3cccc(-c4ccccc4)c3)c21)NS(=O)(=O)c1cc(Cl)c(Cl)s1. The molecule has 0 spiro atoms. The van der Waals surface area contributed by atoms with Gasteiger partial charge in [0.25, 0.3) is 10.0 Å². The Morgan fingerprint density at radius 1 is 1.05 bits per heavy atom. The highest BCUT2D eigenvalue weighted by Gasteiger charge is 2.23. The lowest BCUT2D eigenvalue weighted by Gasteiger charge is -2.18. The van der Waals surface area contributed by atoms with Crippen molar-refractivity contribution in [2.45, 2.75) is 36.3 Å². The summed E-state index contributed by atoms with van der Waals surface area (Å²) < 4.78 is 29.1. The second kappa shape index (κ2) is 10.8. The van der Waals surface area contributed by atoms with E-state index >= 15 is 0 Å². The number of fused-ring (bicyclic) bond motifs is 1. The van der Waals surface area contributed by atoms with Gasteiger partial charge < -0.3 is 0 Å². The van der Waals surface area contributed by atoms with Crippen LogP contribution in [0.25, 0.3) is 22.4 Å². The number of thiophene rings is 1. The van der Waals surface area contributed by atoms with Crippen molar-refractivity contribution in [1.82, 2.24) is 14.5 Å². The van der Waals surface area contributed by atoms with Crippen LogP contribution in [0, 0.1) is 0 Å². The van der Waals surface area contributed by atoms with Crippen LogP contribution >= 0.6 is 34.5 Å². The Bertz CT molecular complexity index is 1570. The number of hydrogen-bond donors (Lipinski definition) is 1. The lowest BCUT2D eigenvalue weighted by molar-refractivity contribution is -0.119. The number of rotatable bonds is 7. The van der Waals surface area contributed by atoms with Crippen LogP contribution in [0.5, 0.6) is 0 Å². The number of allylic oxidation sites excluding steroid dienone is 2. The Balaban J connectivity index is 1.33. The van der Waals surface area contributed by atoms with Crippen LogP contribution in [-0.2, 0) is 21.2 Å².